The van der Waals surface area contributed by atoms with E-state index in [-0.39, 0.29) is 23.4 Å². The molecule has 2 amide bonds. The number of likely N-dealkylation sites (tertiary alicyclic amines) is 1. The van der Waals surface area contributed by atoms with Crippen molar-refractivity contribution in [3.63, 3.8) is 0 Å². The van der Waals surface area contributed by atoms with Crippen molar-refractivity contribution in [2.45, 2.75) is 25.2 Å². The molecule has 5 heteroatoms. The molecule has 132 valence electrons. The van der Waals surface area contributed by atoms with Gasteiger partial charge in [-0.3, -0.25) is 0 Å². The molecule has 1 aliphatic rings. The topological polar surface area (TPSA) is 72.8 Å². The highest BCUT2D eigenvalue weighted by atomic mass is 16.3. The number of piperidine rings is 1. The molecule has 0 atom stereocenters. The lowest BCUT2D eigenvalue weighted by Crippen LogP contribution is -2.44. The van der Waals surface area contributed by atoms with Crippen LogP contribution in [0.1, 0.15) is 29.9 Å². The van der Waals surface area contributed by atoms with Crippen LogP contribution in [0.25, 0.3) is 0 Å². The fraction of sp³-hybridized carbons (Fsp3) is 0.350. The molecular formula is C20H24N2O3. The number of benzene rings is 2. The van der Waals surface area contributed by atoms with E-state index in [0.717, 1.165) is 24.8 Å². The molecule has 0 unspecified atom stereocenters. The monoisotopic (exact) mass is 340 g/mol. The predicted octanol–water partition coefficient (Wildman–Crippen LogP) is 3.23. The van der Waals surface area contributed by atoms with Gasteiger partial charge in [-0.25, -0.2) is 4.79 Å². The fourth-order valence-electron chi connectivity index (χ4n) is 3.34. The van der Waals surface area contributed by atoms with Gasteiger partial charge in [-0.15, -0.1) is 0 Å². The number of urea groups is 1. The minimum Gasteiger partial charge on any atom is -0.508 e. The van der Waals surface area contributed by atoms with Crippen LogP contribution in [-0.2, 0) is 6.42 Å². The number of phenols is 2. The predicted molar refractivity (Wildman–Crippen MR) is 96.9 cm³/mol. The average Bonchev–Trinajstić information content (AvgIpc) is 2.63. The third-order valence-corrected chi connectivity index (χ3v) is 4.77. The van der Waals surface area contributed by atoms with E-state index in [1.165, 1.54) is 11.6 Å². The number of hydrogen-bond acceptors (Lipinski definition) is 3. The van der Waals surface area contributed by atoms with Crippen LogP contribution in [0.5, 0.6) is 11.5 Å². The van der Waals surface area contributed by atoms with Crippen LogP contribution in [0.2, 0.25) is 0 Å². The molecule has 0 radical (unpaired) electrons. The van der Waals surface area contributed by atoms with Crippen molar-refractivity contribution in [1.82, 2.24) is 10.2 Å². The Balaban J connectivity index is 1.46. The normalized spacial score (nSPS) is 15.1. The van der Waals surface area contributed by atoms with Crippen molar-refractivity contribution in [3.8, 4) is 11.5 Å². The second kappa shape index (κ2) is 7.92. The summed E-state index contributed by atoms with van der Waals surface area (Å²) in [6.07, 6.45) is 2.44. The van der Waals surface area contributed by atoms with E-state index in [0.29, 0.717) is 19.6 Å². The van der Waals surface area contributed by atoms with Gasteiger partial charge in [0.1, 0.15) is 11.5 Å². The first-order valence-corrected chi connectivity index (χ1v) is 8.72. The molecule has 1 heterocycles. The first-order valence-electron chi connectivity index (χ1n) is 8.72. The van der Waals surface area contributed by atoms with Gasteiger partial charge in [0, 0.05) is 25.7 Å². The van der Waals surface area contributed by atoms with E-state index >= 15 is 0 Å². The van der Waals surface area contributed by atoms with Crippen molar-refractivity contribution in [2.75, 3.05) is 19.6 Å². The van der Waals surface area contributed by atoms with Gasteiger partial charge in [0.25, 0.3) is 0 Å². The smallest absolute Gasteiger partial charge is 0.317 e. The van der Waals surface area contributed by atoms with Crippen molar-refractivity contribution >= 4 is 6.03 Å². The van der Waals surface area contributed by atoms with Gasteiger partial charge in [-0.05, 0) is 42.4 Å². The molecule has 3 N–H and O–H groups in total. The Kier molecular flexibility index (Phi) is 5.43. The lowest BCUT2D eigenvalue weighted by Gasteiger charge is -2.32. The number of nitrogens with zero attached hydrogens (tertiary/aromatic N) is 1. The van der Waals surface area contributed by atoms with Crippen LogP contribution >= 0.6 is 0 Å². The van der Waals surface area contributed by atoms with Crippen LogP contribution < -0.4 is 5.32 Å². The largest absolute Gasteiger partial charge is 0.508 e. The highest BCUT2D eigenvalue weighted by Crippen LogP contribution is 2.35. The number of carbonyl (C=O) groups excluding carboxylic acids is 1. The van der Waals surface area contributed by atoms with E-state index in [2.05, 4.69) is 17.4 Å². The SMILES string of the molecule is O=C(NCCc1ccccc1)N1CCC(c2ccc(O)cc2O)CC1. The highest BCUT2D eigenvalue weighted by molar-refractivity contribution is 5.74. The summed E-state index contributed by atoms with van der Waals surface area (Å²) in [7, 11) is 0. The molecule has 2 aromatic rings. The van der Waals surface area contributed by atoms with E-state index in [4.69, 9.17) is 0 Å². The Morgan fingerprint density at radius 2 is 1.80 bits per heavy atom. The third-order valence-electron chi connectivity index (χ3n) is 4.77. The van der Waals surface area contributed by atoms with Crippen molar-refractivity contribution in [2.24, 2.45) is 0 Å². The van der Waals surface area contributed by atoms with Gasteiger partial charge < -0.3 is 20.4 Å². The maximum Gasteiger partial charge on any atom is 0.317 e. The number of rotatable bonds is 4. The van der Waals surface area contributed by atoms with Crippen LogP contribution in [-0.4, -0.2) is 40.8 Å². The summed E-state index contributed by atoms with van der Waals surface area (Å²) >= 11 is 0. The molecule has 25 heavy (non-hydrogen) atoms. The van der Waals surface area contributed by atoms with Crippen LogP contribution in [0, 0.1) is 0 Å². The Bertz CT molecular complexity index is 710. The Morgan fingerprint density at radius 1 is 1.08 bits per heavy atom. The summed E-state index contributed by atoms with van der Waals surface area (Å²) in [6, 6.07) is 14.8. The number of amides is 2. The molecule has 1 fully saturated rings. The van der Waals surface area contributed by atoms with Gasteiger partial charge in [0.05, 0.1) is 0 Å². The average molecular weight is 340 g/mol. The van der Waals surface area contributed by atoms with E-state index in [9.17, 15) is 15.0 Å². The van der Waals surface area contributed by atoms with E-state index in [1.54, 1.807) is 12.1 Å². The van der Waals surface area contributed by atoms with Crippen LogP contribution in [0.4, 0.5) is 4.79 Å². The van der Waals surface area contributed by atoms with Gasteiger partial charge in [0.15, 0.2) is 0 Å². The zero-order valence-corrected chi connectivity index (χ0v) is 14.2. The second-order valence-electron chi connectivity index (χ2n) is 6.47. The molecule has 5 nitrogen and oxygen atoms in total. The maximum absolute atomic E-state index is 12.3. The summed E-state index contributed by atoms with van der Waals surface area (Å²) in [4.78, 5) is 14.1. The molecular weight excluding hydrogens is 316 g/mol. The molecule has 0 aromatic heterocycles. The van der Waals surface area contributed by atoms with Gasteiger partial charge in [0.2, 0.25) is 0 Å². The minimum absolute atomic E-state index is 0.0238. The number of hydrogen-bond donors (Lipinski definition) is 3. The first kappa shape index (κ1) is 17.1. The number of aromatic hydroxyl groups is 2. The molecule has 3 rings (SSSR count). The molecule has 2 aromatic carbocycles. The van der Waals surface area contributed by atoms with Crippen molar-refractivity contribution < 1.29 is 15.0 Å². The molecule has 0 saturated carbocycles. The minimum atomic E-state index is -0.0238. The summed E-state index contributed by atoms with van der Waals surface area (Å²) in [5.41, 5.74) is 2.06. The van der Waals surface area contributed by atoms with Crippen molar-refractivity contribution in [1.29, 1.82) is 0 Å². The van der Waals surface area contributed by atoms with E-state index in [1.807, 2.05) is 23.1 Å². The molecule has 0 spiro atoms. The van der Waals surface area contributed by atoms with Gasteiger partial charge >= 0.3 is 6.03 Å². The number of phenolic OH excluding ortho intramolecular Hbond substituents is 2. The summed E-state index contributed by atoms with van der Waals surface area (Å²) in [5, 5.41) is 22.4. The summed E-state index contributed by atoms with van der Waals surface area (Å²) in [5.74, 6) is 0.413. The van der Waals surface area contributed by atoms with Gasteiger partial charge in [-0.1, -0.05) is 36.4 Å². The summed E-state index contributed by atoms with van der Waals surface area (Å²) in [6.45, 7) is 1.96. The van der Waals surface area contributed by atoms with Crippen LogP contribution in [0.3, 0.4) is 0 Å². The summed E-state index contributed by atoms with van der Waals surface area (Å²) < 4.78 is 0. The Hall–Kier alpha value is -2.69. The molecule has 1 saturated heterocycles. The van der Waals surface area contributed by atoms with Crippen molar-refractivity contribution in [3.05, 3.63) is 59.7 Å². The Morgan fingerprint density at radius 3 is 2.48 bits per heavy atom. The number of nitrogens with one attached hydrogen (secondary N) is 1. The Labute approximate surface area is 147 Å². The zero-order valence-electron chi connectivity index (χ0n) is 14.2. The zero-order chi connectivity index (χ0) is 17.6. The van der Waals surface area contributed by atoms with E-state index < -0.39 is 0 Å². The lowest BCUT2D eigenvalue weighted by atomic mass is 9.89. The quantitative estimate of drug-likeness (QED) is 0.800. The number of carbonyl (C=O) groups is 1. The first-order chi connectivity index (χ1) is 12.1. The van der Waals surface area contributed by atoms with Crippen LogP contribution in [0.15, 0.2) is 48.5 Å². The third kappa shape index (κ3) is 4.44. The molecule has 1 aliphatic heterocycles. The molecule has 0 bridgehead atoms. The molecule has 0 aliphatic carbocycles. The highest BCUT2D eigenvalue weighted by Gasteiger charge is 2.25. The second-order valence-corrected chi connectivity index (χ2v) is 6.47. The van der Waals surface area contributed by atoms with Gasteiger partial charge in [-0.2, -0.15) is 0 Å². The maximum atomic E-state index is 12.3. The lowest BCUT2D eigenvalue weighted by molar-refractivity contribution is 0.181. The fourth-order valence-corrected chi connectivity index (χ4v) is 3.34. The standard InChI is InChI=1S/C20H24N2O3/c23-17-6-7-18(19(24)14-17)16-9-12-22(13-10-16)20(25)21-11-8-15-4-2-1-3-5-15/h1-7,14,16,23-24H,8-13H2,(H,21,25).